The molecule has 9 heteroatoms. The third kappa shape index (κ3) is 4.34. The van der Waals surface area contributed by atoms with Crippen LogP contribution >= 0.6 is 23.2 Å². The van der Waals surface area contributed by atoms with Gasteiger partial charge in [-0.25, -0.2) is 17.9 Å². The fourth-order valence-electron chi connectivity index (χ4n) is 3.51. The molecular weight excluding hydrogens is 473 g/mol. The van der Waals surface area contributed by atoms with Crippen molar-refractivity contribution >= 4 is 39.2 Å². The van der Waals surface area contributed by atoms with Crippen LogP contribution in [0.1, 0.15) is 22.8 Å². The molecule has 0 amide bonds. The van der Waals surface area contributed by atoms with Gasteiger partial charge in [0.05, 0.1) is 5.02 Å². The lowest BCUT2D eigenvalue weighted by Gasteiger charge is -2.21. The highest BCUT2D eigenvalue weighted by Gasteiger charge is 2.36. The molecule has 0 aliphatic carbocycles. The number of rotatable bonds is 6. The number of halogens is 2. The van der Waals surface area contributed by atoms with Gasteiger partial charge in [0.15, 0.2) is 12.2 Å². The highest BCUT2D eigenvalue weighted by molar-refractivity contribution is 7.89. The van der Waals surface area contributed by atoms with Gasteiger partial charge in [0.2, 0.25) is 10.0 Å². The molecule has 0 spiro atoms. The zero-order chi connectivity index (χ0) is 22.9. The van der Waals surface area contributed by atoms with Crippen LogP contribution in [0.25, 0.3) is 0 Å². The highest BCUT2D eigenvalue weighted by atomic mass is 35.5. The quantitative estimate of drug-likeness (QED) is 0.511. The maximum absolute atomic E-state index is 13.1. The maximum atomic E-state index is 13.1. The van der Waals surface area contributed by atoms with E-state index in [4.69, 9.17) is 32.7 Å². The van der Waals surface area contributed by atoms with Crippen molar-refractivity contribution in [3.05, 3.63) is 93.5 Å². The third-order valence-corrected chi connectivity index (χ3v) is 7.53. The molecule has 6 nitrogen and oxygen atoms in total. The van der Waals surface area contributed by atoms with Crippen LogP contribution in [0.3, 0.4) is 0 Å². The molecule has 1 aliphatic rings. The zero-order valence-electron chi connectivity index (χ0n) is 16.9. The molecule has 3 aromatic rings. The number of hydrogen-bond donors (Lipinski definition) is 1. The smallest absolute Gasteiger partial charge is 0.348 e. The van der Waals surface area contributed by atoms with Crippen molar-refractivity contribution in [2.45, 2.75) is 23.5 Å². The molecule has 0 saturated heterocycles. The third-order valence-electron chi connectivity index (χ3n) is 5.13. The molecule has 4 rings (SSSR count). The van der Waals surface area contributed by atoms with Gasteiger partial charge in [-0.3, -0.25) is 0 Å². The summed E-state index contributed by atoms with van der Waals surface area (Å²) in [5.74, 6) is -0.409. The summed E-state index contributed by atoms with van der Waals surface area (Å²) in [4.78, 5) is 12.9. The van der Waals surface area contributed by atoms with Crippen LogP contribution in [0.4, 0.5) is 0 Å². The number of fused-ring (bicyclic) bond motifs is 1. The summed E-state index contributed by atoms with van der Waals surface area (Å²) in [7, 11) is -2.57. The second kappa shape index (κ2) is 9.11. The van der Waals surface area contributed by atoms with E-state index in [1.165, 1.54) is 13.1 Å². The standard InChI is InChI=1S/C23H19Cl2NO5S/c1-26-32(28,29)18-13-16-12-17(30-22(16)20(25)19(18)24)23(27)31-21(14-8-4-2-5-9-14)15-10-6-3-7-11-15/h2-11,13,17,21,26H,12H2,1H3. The summed E-state index contributed by atoms with van der Waals surface area (Å²) >= 11 is 12.4. The van der Waals surface area contributed by atoms with Gasteiger partial charge in [-0.1, -0.05) is 83.9 Å². The SMILES string of the molecule is CNS(=O)(=O)c1cc2c(c(Cl)c1Cl)OC(C(=O)OC(c1ccccc1)c1ccccc1)C2. The molecule has 0 saturated carbocycles. The zero-order valence-corrected chi connectivity index (χ0v) is 19.2. The first-order valence-corrected chi connectivity index (χ1v) is 12.0. The van der Waals surface area contributed by atoms with Crippen molar-refractivity contribution < 1.29 is 22.7 Å². The normalized spacial score (nSPS) is 15.3. The second-order valence-corrected chi connectivity index (χ2v) is 9.76. The van der Waals surface area contributed by atoms with Gasteiger partial charge in [-0.2, -0.15) is 0 Å². The number of ether oxygens (including phenoxy) is 2. The van der Waals surface area contributed by atoms with Crippen LogP contribution in [0, 0.1) is 0 Å². The minimum atomic E-state index is -3.84. The molecule has 166 valence electrons. The van der Waals surface area contributed by atoms with Crippen LogP contribution in [-0.4, -0.2) is 27.5 Å². The van der Waals surface area contributed by atoms with Crippen LogP contribution < -0.4 is 9.46 Å². The molecule has 1 heterocycles. The second-order valence-electron chi connectivity index (χ2n) is 7.15. The number of carbonyl (C=O) groups excluding carboxylic acids is 1. The van der Waals surface area contributed by atoms with E-state index in [-0.39, 0.29) is 27.1 Å². The largest absolute Gasteiger partial charge is 0.476 e. The molecule has 3 aromatic carbocycles. The Balaban J connectivity index is 1.61. The lowest BCUT2D eigenvalue weighted by atomic mass is 10.0. The molecular formula is C23H19Cl2NO5S. The van der Waals surface area contributed by atoms with Gasteiger partial charge in [-0.15, -0.1) is 0 Å². The van der Waals surface area contributed by atoms with E-state index in [1.54, 1.807) is 0 Å². The predicted molar refractivity (Wildman–Crippen MR) is 122 cm³/mol. The summed E-state index contributed by atoms with van der Waals surface area (Å²) in [6.45, 7) is 0. The first-order chi connectivity index (χ1) is 15.3. The Hall–Kier alpha value is -2.58. The number of carbonyl (C=O) groups is 1. The Labute approximate surface area is 196 Å². The molecule has 0 aromatic heterocycles. The van der Waals surface area contributed by atoms with Gasteiger partial charge in [0.25, 0.3) is 0 Å². The monoisotopic (exact) mass is 491 g/mol. The lowest BCUT2D eigenvalue weighted by molar-refractivity contribution is -0.155. The van der Waals surface area contributed by atoms with Crippen molar-refractivity contribution in [1.29, 1.82) is 0 Å². The van der Waals surface area contributed by atoms with Gasteiger partial charge in [0, 0.05) is 12.0 Å². The van der Waals surface area contributed by atoms with Crippen molar-refractivity contribution in [3.63, 3.8) is 0 Å². The molecule has 1 aliphatic heterocycles. The molecule has 0 bridgehead atoms. The van der Waals surface area contributed by atoms with Gasteiger partial charge in [0.1, 0.15) is 15.7 Å². The Morgan fingerprint density at radius 1 is 1.03 bits per heavy atom. The molecule has 32 heavy (non-hydrogen) atoms. The van der Waals surface area contributed by atoms with E-state index in [1.807, 2.05) is 60.7 Å². The van der Waals surface area contributed by atoms with E-state index in [2.05, 4.69) is 4.72 Å². The summed E-state index contributed by atoms with van der Waals surface area (Å²) in [6.07, 6.45) is -1.51. The van der Waals surface area contributed by atoms with E-state index >= 15 is 0 Å². The van der Waals surface area contributed by atoms with Crippen LogP contribution in [0.15, 0.2) is 71.6 Å². The van der Waals surface area contributed by atoms with E-state index in [9.17, 15) is 13.2 Å². The Bertz CT molecular complexity index is 1210. The lowest BCUT2D eigenvalue weighted by Crippen LogP contribution is -2.29. The van der Waals surface area contributed by atoms with Gasteiger partial charge < -0.3 is 9.47 Å². The Kier molecular flexibility index (Phi) is 6.44. The van der Waals surface area contributed by atoms with Crippen LogP contribution in [0.5, 0.6) is 5.75 Å². The van der Waals surface area contributed by atoms with Gasteiger partial charge >= 0.3 is 5.97 Å². The Morgan fingerprint density at radius 2 is 1.59 bits per heavy atom. The van der Waals surface area contributed by atoms with E-state index < -0.39 is 28.2 Å². The summed E-state index contributed by atoms with van der Waals surface area (Å²) < 4.78 is 38.3. The van der Waals surface area contributed by atoms with Crippen molar-refractivity contribution in [2.24, 2.45) is 0 Å². The van der Waals surface area contributed by atoms with Crippen LogP contribution in [-0.2, 0) is 26.0 Å². The first kappa shape index (κ1) is 22.6. The van der Waals surface area contributed by atoms with Crippen molar-refractivity contribution in [2.75, 3.05) is 7.05 Å². The molecule has 1 N–H and O–H groups in total. The minimum Gasteiger partial charge on any atom is -0.476 e. The first-order valence-electron chi connectivity index (χ1n) is 9.73. The number of esters is 1. The summed E-state index contributed by atoms with van der Waals surface area (Å²) in [5, 5.41) is -0.226. The molecule has 1 unspecified atom stereocenters. The average molecular weight is 492 g/mol. The molecule has 1 atom stereocenters. The topological polar surface area (TPSA) is 81.7 Å². The number of nitrogens with one attached hydrogen (secondary N) is 1. The number of sulfonamides is 1. The van der Waals surface area contributed by atoms with Gasteiger partial charge in [-0.05, 0) is 24.2 Å². The fraction of sp³-hybridized carbons (Fsp3) is 0.174. The summed E-state index contributed by atoms with van der Waals surface area (Å²) in [6, 6.07) is 20.1. The van der Waals surface area contributed by atoms with E-state index in [0.29, 0.717) is 5.56 Å². The molecule has 0 radical (unpaired) electrons. The average Bonchev–Trinajstić information content (AvgIpc) is 3.25. The fourth-order valence-corrected chi connectivity index (χ4v) is 5.14. The van der Waals surface area contributed by atoms with Crippen molar-refractivity contribution in [3.8, 4) is 5.75 Å². The van der Waals surface area contributed by atoms with E-state index in [0.717, 1.165) is 11.1 Å². The Morgan fingerprint density at radius 3 is 2.12 bits per heavy atom. The number of hydrogen-bond acceptors (Lipinski definition) is 5. The minimum absolute atomic E-state index is 0.0593. The van der Waals surface area contributed by atoms with Crippen molar-refractivity contribution in [1.82, 2.24) is 4.72 Å². The predicted octanol–water partition coefficient (Wildman–Crippen LogP) is 4.54. The van der Waals surface area contributed by atoms with Crippen LogP contribution in [0.2, 0.25) is 10.0 Å². The highest BCUT2D eigenvalue weighted by Crippen LogP contribution is 2.44. The molecule has 0 fully saturated rings. The maximum Gasteiger partial charge on any atom is 0.348 e. The summed E-state index contributed by atoms with van der Waals surface area (Å²) in [5.41, 5.74) is 2.09. The number of benzene rings is 3.